The quantitative estimate of drug-likeness (QED) is 0.208. The first kappa shape index (κ1) is 26.3. The molecule has 206 valence electrons. The maximum Gasteiger partial charge on any atom is 0.298 e. The number of hydrogen-bond acceptors (Lipinski definition) is 5. The average molecular weight is 544 g/mol. The summed E-state index contributed by atoms with van der Waals surface area (Å²) in [5.41, 5.74) is 7.70. The van der Waals surface area contributed by atoms with Gasteiger partial charge in [-0.25, -0.2) is 4.98 Å². The van der Waals surface area contributed by atoms with Crippen LogP contribution >= 0.6 is 0 Å². The van der Waals surface area contributed by atoms with Gasteiger partial charge in [-0.1, -0.05) is 36.4 Å². The Labute approximate surface area is 240 Å². The van der Waals surface area contributed by atoms with Gasteiger partial charge in [-0.15, -0.1) is 0 Å². The van der Waals surface area contributed by atoms with E-state index in [-0.39, 0.29) is 0 Å². The van der Waals surface area contributed by atoms with Gasteiger partial charge in [0.15, 0.2) is 0 Å². The van der Waals surface area contributed by atoms with Crippen molar-refractivity contribution < 1.29 is 9.59 Å². The maximum atomic E-state index is 13.6. The van der Waals surface area contributed by atoms with E-state index >= 15 is 0 Å². The molecular formula is C34H33N5O2. The molecule has 0 aliphatic carbocycles. The maximum absolute atomic E-state index is 13.6. The van der Waals surface area contributed by atoms with Gasteiger partial charge in [0.2, 0.25) is 0 Å². The molecule has 0 atom stereocenters. The van der Waals surface area contributed by atoms with Gasteiger partial charge < -0.3 is 19.5 Å². The summed E-state index contributed by atoms with van der Waals surface area (Å²) in [5.74, 6) is -0.197. The highest BCUT2D eigenvalue weighted by molar-refractivity contribution is 6.47. The lowest BCUT2D eigenvalue weighted by molar-refractivity contribution is -0.112. The molecule has 0 spiro atoms. The number of nitrogens with zero attached hydrogens (tertiary/aromatic N) is 4. The zero-order valence-electron chi connectivity index (χ0n) is 23.6. The van der Waals surface area contributed by atoms with E-state index in [9.17, 15) is 9.59 Å². The normalized spacial score (nSPS) is 13.4. The summed E-state index contributed by atoms with van der Waals surface area (Å²) in [6.07, 6.45) is 0. The minimum Gasteiger partial charge on any atom is -0.368 e. The van der Waals surface area contributed by atoms with E-state index in [2.05, 4.69) is 34.2 Å². The molecule has 1 aliphatic heterocycles. The Hall–Kier alpha value is -4.91. The average Bonchev–Trinajstić information content (AvgIpc) is 3.38. The predicted octanol–water partition coefficient (Wildman–Crippen LogP) is 6.07. The Balaban J connectivity index is 1.16. The lowest BCUT2D eigenvalue weighted by atomic mass is 10.0. The summed E-state index contributed by atoms with van der Waals surface area (Å²) in [6.45, 7) is 9.60. The fraction of sp³-hybridized carbons (Fsp3) is 0.206. The Morgan fingerprint density at radius 3 is 2.17 bits per heavy atom. The first-order chi connectivity index (χ1) is 19.9. The Kier molecular flexibility index (Phi) is 7.01. The highest BCUT2D eigenvalue weighted by atomic mass is 16.2. The van der Waals surface area contributed by atoms with E-state index in [0.717, 1.165) is 65.7 Å². The van der Waals surface area contributed by atoms with Crippen molar-refractivity contribution in [1.82, 2.24) is 9.38 Å². The number of anilines is 3. The smallest absolute Gasteiger partial charge is 0.298 e. The molecule has 4 heterocycles. The van der Waals surface area contributed by atoms with E-state index in [4.69, 9.17) is 4.98 Å². The van der Waals surface area contributed by atoms with Crippen LogP contribution in [0, 0.1) is 20.8 Å². The monoisotopic (exact) mass is 543 g/mol. The Morgan fingerprint density at radius 1 is 0.756 bits per heavy atom. The second-order valence-corrected chi connectivity index (χ2v) is 10.6. The number of fused-ring (bicyclic) bond motifs is 1. The number of pyridine rings is 2. The van der Waals surface area contributed by atoms with Crippen LogP contribution in [-0.4, -0.2) is 47.3 Å². The van der Waals surface area contributed by atoms with Crippen molar-refractivity contribution in [3.63, 3.8) is 0 Å². The number of carbonyl (C=O) groups excluding carboxylic acids is 2. The summed E-state index contributed by atoms with van der Waals surface area (Å²) in [4.78, 5) is 36.2. The van der Waals surface area contributed by atoms with Crippen LogP contribution in [0.3, 0.4) is 0 Å². The van der Waals surface area contributed by atoms with Crippen LogP contribution in [-0.2, 0) is 4.79 Å². The standard InChI is InChI=1S/C34H33N5O2/c1-23-20-24(2)35-31(21-23)38-18-16-37(17-19-38)28-14-12-27(13-15-28)36-34(41)33(40)32-30(26-9-5-4-6-10-26)22-29-11-7-8-25(3)39(29)32/h4-15,20-22H,16-19H2,1-3H3,(H,36,41). The fourth-order valence-corrected chi connectivity index (χ4v) is 5.68. The van der Waals surface area contributed by atoms with E-state index in [1.807, 2.05) is 97.1 Å². The number of aromatic nitrogens is 2. The van der Waals surface area contributed by atoms with Crippen molar-refractivity contribution in [1.29, 1.82) is 0 Å². The molecule has 7 heteroatoms. The van der Waals surface area contributed by atoms with Gasteiger partial charge in [0.1, 0.15) is 11.5 Å². The molecule has 41 heavy (non-hydrogen) atoms. The highest BCUT2D eigenvalue weighted by Crippen LogP contribution is 2.30. The molecule has 1 amide bonds. The van der Waals surface area contributed by atoms with E-state index < -0.39 is 11.7 Å². The summed E-state index contributed by atoms with van der Waals surface area (Å²) in [6, 6.07) is 29.5. The molecule has 1 saturated heterocycles. The van der Waals surface area contributed by atoms with Crippen molar-refractivity contribution in [2.24, 2.45) is 0 Å². The molecule has 0 unspecified atom stereocenters. The number of amides is 1. The van der Waals surface area contributed by atoms with E-state index in [0.29, 0.717) is 11.4 Å². The van der Waals surface area contributed by atoms with Gasteiger partial charge in [0, 0.05) is 60.0 Å². The first-order valence-electron chi connectivity index (χ1n) is 13.9. The SMILES string of the molecule is Cc1cc(C)nc(N2CCN(c3ccc(NC(=O)C(=O)c4c(-c5ccccc5)cc5cccc(C)n45)cc3)CC2)c1. The summed E-state index contributed by atoms with van der Waals surface area (Å²) >= 11 is 0. The molecule has 7 nitrogen and oxygen atoms in total. The summed E-state index contributed by atoms with van der Waals surface area (Å²) in [5, 5.41) is 2.83. The molecule has 0 saturated carbocycles. The minimum atomic E-state index is -0.659. The van der Waals surface area contributed by atoms with Gasteiger partial charge in [-0.05, 0) is 86.5 Å². The van der Waals surface area contributed by atoms with Crippen LogP contribution in [0.15, 0.2) is 91.0 Å². The number of nitrogens with one attached hydrogen (secondary N) is 1. The van der Waals surface area contributed by atoms with E-state index in [1.165, 1.54) is 5.56 Å². The van der Waals surface area contributed by atoms with Crippen LogP contribution in [0.25, 0.3) is 16.6 Å². The number of benzene rings is 2. The number of piperazine rings is 1. The van der Waals surface area contributed by atoms with E-state index in [1.54, 1.807) is 0 Å². The van der Waals surface area contributed by atoms with Crippen LogP contribution in [0.2, 0.25) is 0 Å². The van der Waals surface area contributed by atoms with Crippen molar-refractivity contribution >= 4 is 34.4 Å². The Morgan fingerprint density at radius 2 is 1.46 bits per heavy atom. The zero-order chi connectivity index (χ0) is 28.5. The summed E-state index contributed by atoms with van der Waals surface area (Å²) in [7, 11) is 0. The topological polar surface area (TPSA) is 70.0 Å². The second-order valence-electron chi connectivity index (χ2n) is 10.6. The molecule has 1 aliphatic rings. The van der Waals surface area contributed by atoms with Crippen LogP contribution in [0.1, 0.15) is 27.4 Å². The molecule has 3 aromatic heterocycles. The lowest BCUT2D eigenvalue weighted by Crippen LogP contribution is -2.46. The third kappa shape index (κ3) is 5.31. The summed E-state index contributed by atoms with van der Waals surface area (Å²) < 4.78 is 1.86. The van der Waals surface area contributed by atoms with Crippen LogP contribution < -0.4 is 15.1 Å². The van der Waals surface area contributed by atoms with Crippen molar-refractivity contribution in [2.75, 3.05) is 41.3 Å². The van der Waals surface area contributed by atoms with Crippen LogP contribution in [0.5, 0.6) is 0 Å². The molecule has 5 aromatic rings. The zero-order valence-corrected chi connectivity index (χ0v) is 23.6. The molecule has 0 radical (unpaired) electrons. The number of carbonyl (C=O) groups is 2. The third-order valence-corrected chi connectivity index (χ3v) is 7.67. The molecular weight excluding hydrogens is 510 g/mol. The predicted molar refractivity (Wildman–Crippen MR) is 165 cm³/mol. The van der Waals surface area contributed by atoms with Gasteiger partial charge in [0.05, 0.1) is 0 Å². The number of aryl methyl sites for hydroxylation is 3. The fourth-order valence-electron chi connectivity index (χ4n) is 5.68. The number of rotatable bonds is 6. The highest BCUT2D eigenvalue weighted by Gasteiger charge is 2.26. The number of ketones is 1. The van der Waals surface area contributed by atoms with Gasteiger partial charge in [-0.2, -0.15) is 0 Å². The number of hydrogen-bond donors (Lipinski definition) is 1. The van der Waals surface area contributed by atoms with Gasteiger partial charge in [0.25, 0.3) is 11.7 Å². The molecule has 1 N–H and O–H groups in total. The lowest BCUT2D eigenvalue weighted by Gasteiger charge is -2.37. The van der Waals surface area contributed by atoms with Crippen molar-refractivity contribution in [3.05, 3.63) is 114 Å². The first-order valence-corrected chi connectivity index (χ1v) is 13.9. The van der Waals surface area contributed by atoms with Crippen LogP contribution in [0.4, 0.5) is 17.2 Å². The second kappa shape index (κ2) is 10.9. The van der Waals surface area contributed by atoms with Crippen molar-refractivity contribution in [2.45, 2.75) is 20.8 Å². The van der Waals surface area contributed by atoms with Gasteiger partial charge >= 0.3 is 0 Å². The number of Topliss-reactive ketones (excluding diaryl/α,β-unsaturated/α-hetero) is 1. The minimum absolute atomic E-state index is 0.370. The largest absolute Gasteiger partial charge is 0.368 e. The molecule has 1 fully saturated rings. The van der Waals surface area contributed by atoms with Crippen molar-refractivity contribution in [3.8, 4) is 11.1 Å². The molecule has 0 bridgehead atoms. The molecule has 2 aromatic carbocycles. The van der Waals surface area contributed by atoms with Gasteiger partial charge in [-0.3, -0.25) is 9.59 Å². The Bertz CT molecular complexity index is 1710. The molecule has 6 rings (SSSR count). The third-order valence-electron chi connectivity index (χ3n) is 7.67.